The Morgan fingerprint density at radius 2 is 2.32 bits per heavy atom. The third kappa shape index (κ3) is 3.26. The number of benzene rings is 1. The van der Waals surface area contributed by atoms with Gasteiger partial charge in [-0.1, -0.05) is 12.1 Å². The molecule has 3 N–H and O–H groups in total. The first-order chi connectivity index (χ1) is 9.22. The van der Waals surface area contributed by atoms with Crippen molar-refractivity contribution in [2.75, 3.05) is 6.61 Å². The first-order valence-electron chi connectivity index (χ1n) is 6.38. The minimum Gasteiger partial charge on any atom is -0.504 e. The summed E-state index contributed by atoms with van der Waals surface area (Å²) in [4.78, 5) is 7.25. The van der Waals surface area contributed by atoms with Gasteiger partial charge in [-0.05, 0) is 19.9 Å². The molecule has 102 valence electrons. The van der Waals surface area contributed by atoms with E-state index >= 15 is 0 Å². The molecule has 0 radical (unpaired) electrons. The van der Waals surface area contributed by atoms with Crippen LogP contribution in [0.3, 0.4) is 0 Å². The summed E-state index contributed by atoms with van der Waals surface area (Å²) in [5, 5.41) is 13.4. The number of phenolic OH excluding ortho intramolecular Hbond substituents is 1. The van der Waals surface area contributed by atoms with Crippen LogP contribution in [-0.2, 0) is 6.54 Å². The van der Waals surface area contributed by atoms with Crippen LogP contribution in [0, 0.1) is 0 Å². The quantitative estimate of drug-likeness (QED) is 0.746. The second-order valence-corrected chi connectivity index (χ2v) is 4.27. The first kappa shape index (κ1) is 13.4. The lowest BCUT2D eigenvalue weighted by atomic mass is 10.1. The van der Waals surface area contributed by atoms with Crippen LogP contribution in [-0.4, -0.2) is 21.7 Å². The van der Waals surface area contributed by atoms with Crippen molar-refractivity contribution >= 4 is 0 Å². The van der Waals surface area contributed by atoms with Gasteiger partial charge in [-0.3, -0.25) is 0 Å². The van der Waals surface area contributed by atoms with Gasteiger partial charge in [0.2, 0.25) is 0 Å². The molecule has 0 spiro atoms. The molecule has 0 saturated carbocycles. The molecule has 5 nitrogen and oxygen atoms in total. The number of imidazole rings is 1. The second kappa shape index (κ2) is 6.24. The maximum atomic E-state index is 10.1. The molecule has 1 atom stereocenters. The lowest BCUT2D eigenvalue weighted by molar-refractivity contribution is 0.316. The molecule has 5 heteroatoms. The van der Waals surface area contributed by atoms with Crippen molar-refractivity contribution in [1.29, 1.82) is 0 Å². The van der Waals surface area contributed by atoms with Crippen molar-refractivity contribution < 1.29 is 9.84 Å². The van der Waals surface area contributed by atoms with Gasteiger partial charge in [0.1, 0.15) is 5.82 Å². The van der Waals surface area contributed by atoms with Gasteiger partial charge < -0.3 is 20.1 Å². The summed E-state index contributed by atoms with van der Waals surface area (Å²) >= 11 is 0. The number of aromatic amines is 1. The monoisotopic (exact) mass is 261 g/mol. The van der Waals surface area contributed by atoms with Crippen molar-refractivity contribution in [1.82, 2.24) is 15.3 Å². The molecule has 0 saturated heterocycles. The molecule has 0 amide bonds. The van der Waals surface area contributed by atoms with Gasteiger partial charge in [0.25, 0.3) is 0 Å². The highest BCUT2D eigenvalue weighted by Gasteiger charge is 2.11. The van der Waals surface area contributed by atoms with Gasteiger partial charge in [-0.25, -0.2) is 4.98 Å². The molecule has 2 aromatic rings. The van der Waals surface area contributed by atoms with E-state index in [4.69, 9.17) is 4.74 Å². The Kier molecular flexibility index (Phi) is 4.41. The standard InChI is InChI=1S/C14H19N3O2/c1-3-19-12-6-4-5-11(13(12)18)9-17-10(2)14-15-7-8-16-14/h4-8,10,17-18H,3,9H2,1-2H3,(H,15,16). The molecule has 19 heavy (non-hydrogen) atoms. The van der Waals surface area contributed by atoms with Gasteiger partial charge in [-0.15, -0.1) is 0 Å². The second-order valence-electron chi connectivity index (χ2n) is 4.27. The number of aromatic nitrogens is 2. The molecule has 0 bridgehead atoms. The zero-order valence-corrected chi connectivity index (χ0v) is 11.2. The van der Waals surface area contributed by atoms with Crippen LogP contribution < -0.4 is 10.1 Å². The summed E-state index contributed by atoms with van der Waals surface area (Å²) in [6.07, 6.45) is 3.52. The Bertz CT molecular complexity index is 511. The Morgan fingerprint density at radius 1 is 1.47 bits per heavy atom. The molecule has 2 rings (SSSR count). The van der Waals surface area contributed by atoms with E-state index in [2.05, 4.69) is 15.3 Å². The minimum atomic E-state index is 0.0881. The zero-order valence-electron chi connectivity index (χ0n) is 11.2. The number of phenols is 1. The topological polar surface area (TPSA) is 70.2 Å². The molecular formula is C14H19N3O2. The van der Waals surface area contributed by atoms with Crippen LogP contribution in [0.2, 0.25) is 0 Å². The third-order valence-electron chi connectivity index (χ3n) is 2.91. The summed E-state index contributed by atoms with van der Waals surface area (Å²) < 4.78 is 5.36. The molecular weight excluding hydrogens is 242 g/mol. The largest absolute Gasteiger partial charge is 0.504 e. The fraction of sp³-hybridized carbons (Fsp3) is 0.357. The number of H-pyrrole nitrogens is 1. The number of rotatable bonds is 6. The van der Waals surface area contributed by atoms with Crippen molar-refractivity contribution in [3.05, 3.63) is 42.0 Å². The lowest BCUT2D eigenvalue weighted by Crippen LogP contribution is -2.19. The molecule has 1 unspecified atom stereocenters. The summed E-state index contributed by atoms with van der Waals surface area (Å²) in [6.45, 7) is 4.99. The molecule has 0 aliphatic carbocycles. The fourth-order valence-corrected chi connectivity index (χ4v) is 1.86. The maximum absolute atomic E-state index is 10.1. The van der Waals surface area contributed by atoms with E-state index in [1.165, 1.54) is 0 Å². The van der Waals surface area contributed by atoms with Gasteiger partial charge >= 0.3 is 0 Å². The van der Waals surface area contributed by atoms with Crippen LogP contribution in [0.4, 0.5) is 0 Å². The van der Waals surface area contributed by atoms with E-state index in [-0.39, 0.29) is 11.8 Å². The van der Waals surface area contributed by atoms with E-state index < -0.39 is 0 Å². The Labute approximate surface area is 112 Å². The van der Waals surface area contributed by atoms with Crippen molar-refractivity contribution in [2.45, 2.75) is 26.4 Å². The third-order valence-corrected chi connectivity index (χ3v) is 2.91. The van der Waals surface area contributed by atoms with E-state index in [0.717, 1.165) is 11.4 Å². The normalized spacial score (nSPS) is 12.3. The van der Waals surface area contributed by atoms with Gasteiger partial charge in [0, 0.05) is 24.5 Å². The van der Waals surface area contributed by atoms with E-state index in [0.29, 0.717) is 18.9 Å². The molecule has 0 aliphatic heterocycles. The number of para-hydroxylation sites is 1. The fourth-order valence-electron chi connectivity index (χ4n) is 1.86. The molecule has 1 aromatic carbocycles. The van der Waals surface area contributed by atoms with Gasteiger partial charge in [0.15, 0.2) is 11.5 Å². The smallest absolute Gasteiger partial charge is 0.162 e. The summed E-state index contributed by atoms with van der Waals surface area (Å²) in [5.74, 6) is 1.59. The highest BCUT2D eigenvalue weighted by molar-refractivity contribution is 5.45. The van der Waals surface area contributed by atoms with Crippen molar-refractivity contribution in [2.24, 2.45) is 0 Å². The molecule has 1 heterocycles. The summed E-state index contributed by atoms with van der Waals surface area (Å²) in [6, 6.07) is 5.60. The SMILES string of the molecule is CCOc1cccc(CNC(C)c2ncc[nH]2)c1O. The number of nitrogens with one attached hydrogen (secondary N) is 2. The highest BCUT2D eigenvalue weighted by atomic mass is 16.5. The first-order valence-corrected chi connectivity index (χ1v) is 6.38. The van der Waals surface area contributed by atoms with Crippen LogP contribution >= 0.6 is 0 Å². The van der Waals surface area contributed by atoms with Crippen LogP contribution in [0.5, 0.6) is 11.5 Å². The zero-order chi connectivity index (χ0) is 13.7. The summed E-state index contributed by atoms with van der Waals surface area (Å²) in [5.41, 5.74) is 0.810. The average molecular weight is 261 g/mol. The minimum absolute atomic E-state index is 0.0881. The van der Waals surface area contributed by atoms with Crippen LogP contribution in [0.15, 0.2) is 30.6 Å². The predicted molar refractivity (Wildman–Crippen MR) is 73.1 cm³/mol. The average Bonchev–Trinajstić information content (AvgIpc) is 2.94. The number of ether oxygens (including phenoxy) is 1. The summed E-state index contributed by atoms with van der Waals surface area (Å²) in [7, 11) is 0. The van der Waals surface area contributed by atoms with Crippen LogP contribution in [0.1, 0.15) is 31.3 Å². The highest BCUT2D eigenvalue weighted by Crippen LogP contribution is 2.29. The number of hydrogen-bond donors (Lipinski definition) is 3. The predicted octanol–water partition coefficient (Wildman–Crippen LogP) is 2.36. The van der Waals surface area contributed by atoms with Gasteiger partial charge in [-0.2, -0.15) is 0 Å². The molecule has 0 aliphatic rings. The molecule has 1 aromatic heterocycles. The Balaban J connectivity index is 2.01. The van der Waals surface area contributed by atoms with Gasteiger partial charge in [0.05, 0.1) is 12.6 Å². The Morgan fingerprint density at radius 3 is 3.00 bits per heavy atom. The van der Waals surface area contributed by atoms with E-state index in [9.17, 15) is 5.11 Å². The number of nitrogens with zero attached hydrogens (tertiary/aromatic N) is 1. The van der Waals surface area contributed by atoms with E-state index in [1.54, 1.807) is 18.5 Å². The molecule has 0 fully saturated rings. The van der Waals surface area contributed by atoms with Crippen LogP contribution in [0.25, 0.3) is 0 Å². The number of aromatic hydroxyl groups is 1. The maximum Gasteiger partial charge on any atom is 0.162 e. The van der Waals surface area contributed by atoms with Crippen molar-refractivity contribution in [3.8, 4) is 11.5 Å². The lowest BCUT2D eigenvalue weighted by Gasteiger charge is -2.14. The van der Waals surface area contributed by atoms with E-state index in [1.807, 2.05) is 26.0 Å². The van der Waals surface area contributed by atoms with Crippen molar-refractivity contribution in [3.63, 3.8) is 0 Å². The Hall–Kier alpha value is -2.01. The number of hydrogen-bond acceptors (Lipinski definition) is 4.